The molecular weight excluding hydrogens is 396 g/mol. The zero-order chi connectivity index (χ0) is 20.3. The molecule has 30 heavy (non-hydrogen) atoms. The molecule has 7 nitrogen and oxygen atoms in total. The number of rotatable bonds is 6. The molecule has 5 rings (SSSR count). The summed E-state index contributed by atoms with van der Waals surface area (Å²) < 4.78 is 1.87. The van der Waals surface area contributed by atoms with Crippen LogP contribution in [0.25, 0.3) is 11.4 Å². The van der Waals surface area contributed by atoms with Crippen molar-refractivity contribution in [2.75, 3.05) is 5.32 Å². The van der Waals surface area contributed by atoms with Crippen molar-refractivity contribution in [3.05, 3.63) is 78.5 Å². The molecular formula is C22H18N6OS. The van der Waals surface area contributed by atoms with Crippen molar-refractivity contribution in [3.63, 3.8) is 0 Å². The van der Waals surface area contributed by atoms with E-state index >= 15 is 0 Å². The molecule has 0 spiro atoms. The fourth-order valence-electron chi connectivity index (χ4n) is 3.09. The van der Waals surface area contributed by atoms with Crippen LogP contribution in [0.3, 0.4) is 0 Å². The lowest BCUT2D eigenvalue weighted by molar-refractivity contribution is 0.102. The SMILES string of the molecule is O=C(Nc1ccc(-c2nnnn2C2CC2)cc1)c1cccnc1Sc1ccccc1. The molecule has 1 aliphatic carbocycles. The van der Waals surface area contributed by atoms with E-state index in [1.165, 1.54) is 11.8 Å². The number of carbonyl (C=O) groups is 1. The van der Waals surface area contributed by atoms with Gasteiger partial charge in [0.1, 0.15) is 5.03 Å². The maximum atomic E-state index is 12.9. The molecule has 2 aromatic heterocycles. The molecule has 0 atom stereocenters. The molecule has 8 heteroatoms. The molecule has 1 fully saturated rings. The lowest BCUT2D eigenvalue weighted by atomic mass is 10.2. The highest BCUT2D eigenvalue weighted by Gasteiger charge is 2.28. The van der Waals surface area contributed by atoms with Crippen molar-refractivity contribution in [2.45, 2.75) is 28.8 Å². The average Bonchev–Trinajstić information content (AvgIpc) is 3.52. The van der Waals surface area contributed by atoms with Gasteiger partial charge in [0.2, 0.25) is 0 Å². The van der Waals surface area contributed by atoms with E-state index < -0.39 is 0 Å². The second kappa shape index (κ2) is 8.08. The molecule has 0 bridgehead atoms. The van der Waals surface area contributed by atoms with Crippen LogP contribution in [0.4, 0.5) is 5.69 Å². The maximum Gasteiger partial charge on any atom is 0.258 e. The van der Waals surface area contributed by atoms with Gasteiger partial charge in [0.25, 0.3) is 5.91 Å². The fourth-order valence-corrected chi connectivity index (χ4v) is 4.00. The summed E-state index contributed by atoms with van der Waals surface area (Å²) in [7, 11) is 0. The fraction of sp³-hybridized carbons (Fsp3) is 0.136. The molecule has 1 aliphatic rings. The van der Waals surface area contributed by atoms with Gasteiger partial charge >= 0.3 is 0 Å². The number of nitrogens with zero attached hydrogens (tertiary/aromatic N) is 5. The van der Waals surface area contributed by atoms with Crippen LogP contribution in [0.1, 0.15) is 29.2 Å². The van der Waals surface area contributed by atoms with Gasteiger partial charge < -0.3 is 5.32 Å². The largest absolute Gasteiger partial charge is 0.322 e. The summed E-state index contributed by atoms with van der Waals surface area (Å²) in [6.07, 6.45) is 3.92. The number of nitrogens with one attached hydrogen (secondary N) is 1. The first-order valence-electron chi connectivity index (χ1n) is 9.65. The highest BCUT2D eigenvalue weighted by Crippen LogP contribution is 2.36. The van der Waals surface area contributed by atoms with Crippen LogP contribution in [0.2, 0.25) is 0 Å². The second-order valence-corrected chi connectivity index (χ2v) is 8.04. The third-order valence-corrected chi connectivity index (χ3v) is 5.79. The first-order valence-corrected chi connectivity index (χ1v) is 10.5. The highest BCUT2D eigenvalue weighted by molar-refractivity contribution is 7.99. The van der Waals surface area contributed by atoms with Crippen LogP contribution in [-0.2, 0) is 0 Å². The zero-order valence-electron chi connectivity index (χ0n) is 16.0. The molecule has 2 aromatic carbocycles. The highest BCUT2D eigenvalue weighted by atomic mass is 32.2. The monoisotopic (exact) mass is 414 g/mol. The van der Waals surface area contributed by atoms with Crippen molar-refractivity contribution in [1.29, 1.82) is 0 Å². The number of benzene rings is 2. The Labute approximate surface area is 177 Å². The molecule has 4 aromatic rings. The number of tetrazole rings is 1. The number of pyridine rings is 1. The van der Waals surface area contributed by atoms with E-state index in [9.17, 15) is 4.79 Å². The van der Waals surface area contributed by atoms with E-state index in [0.29, 0.717) is 22.3 Å². The van der Waals surface area contributed by atoms with Gasteiger partial charge in [-0.1, -0.05) is 30.0 Å². The molecule has 0 aliphatic heterocycles. The topological polar surface area (TPSA) is 85.6 Å². The third kappa shape index (κ3) is 3.95. The van der Waals surface area contributed by atoms with Crippen molar-refractivity contribution in [1.82, 2.24) is 25.2 Å². The first-order chi connectivity index (χ1) is 14.8. The molecule has 1 amide bonds. The average molecular weight is 414 g/mol. The predicted molar refractivity (Wildman–Crippen MR) is 114 cm³/mol. The lowest BCUT2D eigenvalue weighted by Crippen LogP contribution is -2.13. The van der Waals surface area contributed by atoms with E-state index in [1.807, 2.05) is 59.3 Å². The summed E-state index contributed by atoms with van der Waals surface area (Å²) in [5.41, 5.74) is 2.16. The number of amides is 1. The number of aromatic nitrogens is 5. The predicted octanol–water partition coefficient (Wildman–Crippen LogP) is 4.47. The Morgan fingerprint density at radius 2 is 1.80 bits per heavy atom. The summed E-state index contributed by atoms with van der Waals surface area (Å²) in [6, 6.07) is 21.4. The molecule has 0 saturated heterocycles. The van der Waals surface area contributed by atoms with E-state index in [-0.39, 0.29) is 5.91 Å². The van der Waals surface area contributed by atoms with Crippen molar-refractivity contribution in [3.8, 4) is 11.4 Å². The molecule has 1 saturated carbocycles. The minimum Gasteiger partial charge on any atom is -0.322 e. The minimum atomic E-state index is -0.197. The summed E-state index contributed by atoms with van der Waals surface area (Å²) >= 11 is 1.47. The van der Waals surface area contributed by atoms with Crippen LogP contribution >= 0.6 is 11.8 Å². The van der Waals surface area contributed by atoms with Gasteiger partial charge in [-0.25, -0.2) is 9.67 Å². The van der Waals surface area contributed by atoms with Crippen LogP contribution in [-0.4, -0.2) is 31.1 Å². The Kier molecular flexibility index (Phi) is 4.98. The van der Waals surface area contributed by atoms with E-state index in [2.05, 4.69) is 25.8 Å². The van der Waals surface area contributed by atoms with Gasteiger partial charge in [-0.3, -0.25) is 4.79 Å². The molecule has 1 N–H and O–H groups in total. The van der Waals surface area contributed by atoms with Crippen LogP contribution in [0, 0.1) is 0 Å². The molecule has 0 unspecified atom stereocenters. The summed E-state index contributed by atoms with van der Waals surface area (Å²) in [5, 5.41) is 15.6. The molecule has 0 radical (unpaired) electrons. The van der Waals surface area contributed by atoms with E-state index in [0.717, 1.165) is 29.1 Å². The summed E-state index contributed by atoms with van der Waals surface area (Å²) in [6.45, 7) is 0. The third-order valence-electron chi connectivity index (χ3n) is 4.76. The van der Waals surface area contributed by atoms with Gasteiger partial charge in [0.15, 0.2) is 5.82 Å². The Hall–Kier alpha value is -3.52. The number of hydrogen-bond acceptors (Lipinski definition) is 6. The number of hydrogen-bond donors (Lipinski definition) is 1. The van der Waals surface area contributed by atoms with Gasteiger partial charge in [-0.2, -0.15) is 0 Å². The Morgan fingerprint density at radius 3 is 2.57 bits per heavy atom. The van der Waals surface area contributed by atoms with Crippen LogP contribution < -0.4 is 5.32 Å². The van der Waals surface area contributed by atoms with Crippen LogP contribution in [0.5, 0.6) is 0 Å². The molecule has 148 valence electrons. The normalized spacial score (nSPS) is 13.2. The van der Waals surface area contributed by atoms with Gasteiger partial charge in [0.05, 0.1) is 11.6 Å². The Bertz CT molecular complexity index is 1170. The first kappa shape index (κ1) is 18.5. The second-order valence-electron chi connectivity index (χ2n) is 6.98. The van der Waals surface area contributed by atoms with Crippen molar-refractivity contribution < 1.29 is 4.79 Å². The van der Waals surface area contributed by atoms with E-state index in [4.69, 9.17) is 0 Å². The maximum absolute atomic E-state index is 12.9. The quantitative estimate of drug-likeness (QED) is 0.501. The molecule has 2 heterocycles. The smallest absolute Gasteiger partial charge is 0.258 e. The minimum absolute atomic E-state index is 0.197. The van der Waals surface area contributed by atoms with Crippen molar-refractivity contribution in [2.24, 2.45) is 0 Å². The zero-order valence-corrected chi connectivity index (χ0v) is 16.8. The number of carbonyl (C=O) groups excluding carboxylic acids is 1. The van der Waals surface area contributed by atoms with E-state index in [1.54, 1.807) is 18.3 Å². The Morgan fingerprint density at radius 1 is 1.00 bits per heavy atom. The van der Waals surface area contributed by atoms with Gasteiger partial charge in [-0.05, 0) is 71.8 Å². The van der Waals surface area contributed by atoms with Crippen LogP contribution in [0.15, 0.2) is 82.8 Å². The number of anilines is 1. The lowest BCUT2D eigenvalue weighted by Gasteiger charge is -2.10. The Balaban J connectivity index is 1.33. The summed E-state index contributed by atoms with van der Waals surface area (Å²) in [4.78, 5) is 18.3. The standard InChI is InChI=1S/C22H18N6OS/c29-21(19-7-4-14-23-22(19)30-18-5-2-1-3-6-18)24-16-10-8-15(9-11-16)20-25-26-27-28(20)17-12-13-17/h1-11,14,17H,12-13H2,(H,24,29). The summed E-state index contributed by atoms with van der Waals surface area (Å²) in [5.74, 6) is 0.557. The van der Waals surface area contributed by atoms with Gasteiger partial charge in [-0.15, -0.1) is 5.10 Å². The van der Waals surface area contributed by atoms with Gasteiger partial charge in [0, 0.05) is 22.3 Å². The van der Waals surface area contributed by atoms with Crippen molar-refractivity contribution >= 4 is 23.4 Å².